The van der Waals surface area contributed by atoms with Crippen LogP contribution in [0.1, 0.15) is 28.1 Å². The molecular formula is C24H26N2O6S2. The summed E-state index contributed by atoms with van der Waals surface area (Å²) < 4.78 is 38.4. The fourth-order valence-corrected chi connectivity index (χ4v) is 6.60. The van der Waals surface area contributed by atoms with Crippen LogP contribution in [0, 0.1) is 12.8 Å². The number of carbonyl (C=O) groups excluding carboxylic acids is 2. The number of amides is 1. The second kappa shape index (κ2) is 9.73. The van der Waals surface area contributed by atoms with Gasteiger partial charge in [-0.1, -0.05) is 0 Å². The summed E-state index contributed by atoms with van der Waals surface area (Å²) in [7, 11) is -0.753. The molecular weight excluding hydrogens is 476 g/mol. The van der Waals surface area contributed by atoms with Crippen molar-refractivity contribution in [1.29, 1.82) is 0 Å². The van der Waals surface area contributed by atoms with E-state index in [-0.39, 0.29) is 29.8 Å². The van der Waals surface area contributed by atoms with Crippen LogP contribution in [0.5, 0.6) is 5.75 Å². The van der Waals surface area contributed by atoms with E-state index >= 15 is 0 Å². The fraction of sp³-hybridized carbons (Fsp3) is 0.333. The van der Waals surface area contributed by atoms with Crippen molar-refractivity contribution in [2.24, 2.45) is 5.92 Å². The lowest BCUT2D eigenvalue weighted by atomic mass is 9.97. The number of rotatable bonds is 6. The van der Waals surface area contributed by atoms with E-state index in [1.165, 1.54) is 22.8 Å². The second-order valence-corrected chi connectivity index (χ2v) is 11.2. The molecule has 4 rings (SSSR count). The van der Waals surface area contributed by atoms with Crippen LogP contribution >= 0.6 is 11.3 Å². The molecule has 1 aliphatic rings. The fourth-order valence-electron chi connectivity index (χ4n) is 4.09. The molecule has 180 valence electrons. The van der Waals surface area contributed by atoms with Crippen LogP contribution in [0.4, 0.5) is 5.69 Å². The molecule has 1 fully saturated rings. The van der Waals surface area contributed by atoms with Gasteiger partial charge in [0.25, 0.3) is 0 Å². The molecule has 1 aliphatic heterocycles. The van der Waals surface area contributed by atoms with Gasteiger partial charge < -0.3 is 14.8 Å². The van der Waals surface area contributed by atoms with E-state index < -0.39 is 16.0 Å². The summed E-state index contributed by atoms with van der Waals surface area (Å²) in [4.78, 5) is 25.3. The average molecular weight is 503 g/mol. The number of thiophene rings is 1. The van der Waals surface area contributed by atoms with E-state index in [9.17, 15) is 18.0 Å². The standard InChI is InChI=1S/C24H26N2O6S2/c1-15-12-19(5-6-20(15)31-2)34(29,30)26-10-8-16(9-11-26)23(27)25-18-4-7-21-17(13-18)14-22(33-21)24(28)32-3/h4-7,12-14,16H,8-11H2,1-3H3,(H,25,27). The molecule has 0 aliphatic carbocycles. The first-order valence-corrected chi connectivity index (χ1v) is 13.1. The van der Waals surface area contributed by atoms with Gasteiger partial charge in [0.1, 0.15) is 10.6 Å². The normalized spacial score (nSPS) is 15.3. The number of sulfonamides is 1. The van der Waals surface area contributed by atoms with E-state index in [1.54, 1.807) is 44.4 Å². The zero-order chi connectivity index (χ0) is 24.5. The third-order valence-electron chi connectivity index (χ3n) is 6.00. The Morgan fingerprint density at radius 2 is 1.79 bits per heavy atom. The summed E-state index contributed by atoms with van der Waals surface area (Å²) in [5.74, 6) is -0.178. The van der Waals surface area contributed by atoms with Crippen LogP contribution in [0.25, 0.3) is 10.1 Å². The number of benzene rings is 2. The third kappa shape index (κ3) is 4.79. The number of methoxy groups -OCH3 is 2. The molecule has 3 aromatic rings. The minimum absolute atomic E-state index is 0.139. The summed E-state index contributed by atoms with van der Waals surface area (Å²) in [6.07, 6.45) is 0.876. The molecule has 1 amide bonds. The quantitative estimate of drug-likeness (QED) is 0.511. The number of nitrogens with one attached hydrogen (secondary N) is 1. The predicted octanol–water partition coefficient (Wildman–Crippen LogP) is 4.04. The number of esters is 1. The van der Waals surface area contributed by atoms with Gasteiger partial charge in [-0.2, -0.15) is 4.31 Å². The highest BCUT2D eigenvalue weighted by atomic mass is 32.2. The monoisotopic (exact) mass is 502 g/mol. The van der Waals surface area contributed by atoms with Crippen LogP contribution in [0.15, 0.2) is 47.4 Å². The number of hydrogen-bond acceptors (Lipinski definition) is 7. The maximum Gasteiger partial charge on any atom is 0.348 e. The summed E-state index contributed by atoms with van der Waals surface area (Å²) in [6, 6.07) is 12.0. The minimum atomic E-state index is -3.64. The first kappa shape index (κ1) is 24.2. The second-order valence-electron chi connectivity index (χ2n) is 8.15. The molecule has 1 aromatic heterocycles. The van der Waals surface area contributed by atoms with Crippen molar-refractivity contribution in [2.45, 2.75) is 24.7 Å². The smallest absolute Gasteiger partial charge is 0.348 e. The van der Waals surface area contributed by atoms with Crippen LogP contribution < -0.4 is 10.1 Å². The summed E-state index contributed by atoms with van der Waals surface area (Å²) in [5, 5.41) is 3.78. The molecule has 0 radical (unpaired) electrons. The van der Waals surface area contributed by atoms with Gasteiger partial charge in [0.15, 0.2) is 0 Å². The lowest BCUT2D eigenvalue weighted by Crippen LogP contribution is -2.41. The first-order valence-electron chi connectivity index (χ1n) is 10.8. The minimum Gasteiger partial charge on any atom is -0.496 e. The molecule has 8 nitrogen and oxygen atoms in total. The SMILES string of the molecule is COC(=O)c1cc2cc(NC(=O)C3CCN(S(=O)(=O)c4ccc(OC)c(C)c4)CC3)ccc2s1. The van der Waals surface area contributed by atoms with Crippen molar-refractivity contribution in [3.63, 3.8) is 0 Å². The Balaban J connectivity index is 1.39. The topological polar surface area (TPSA) is 102 Å². The van der Waals surface area contributed by atoms with E-state index in [0.29, 0.717) is 29.2 Å². The van der Waals surface area contributed by atoms with Gasteiger partial charge in [-0.15, -0.1) is 11.3 Å². The number of hydrogen-bond donors (Lipinski definition) is 1. The van der Waals surface area contributed by atoms with Gasteiger partial charge in [0.05, 0.1) is 19.1 Å². The number of anilines is 1. The Morgan fingerprint density at radius 3 is 2.44 bits per heavy atom. The number of aryl methyl sites for hydroxylation is 1. The summed E-state index contributed by atoms with van der Waals surface area (Å²) >= 11 is 1.33. The Morgan fingerprint density at radius 1 is 1.06 bits per heavy atom. The molecule has 0 spiro atoms. The lowest BCUT2D eigenvalue weighted by Gasteiger charge is -2.30. The molecule has 2 heterocycles. The molecule has 1 N–H and O–H groups in total. The van der Waals surface area contributed by atoms with E-state index in [2.05, 4.69) is 5.32 Å². The maximum absolute atomic E-state index is 13.1. The van der Waals surface area contributed by atoms with Crippen LogP contribution in [0.2, 0.25) is 0 Å². The van der Waals surface area contributed by atoms with Crippen LogP contribution in [0.3, 0.4) is 0 Å². The molecule has 10 heteroatoms. The largest absolute Gasteiger partial charge is 0.496 e. The molecule has 1 saturated heterocycles. The van der Waals surface area contributed by atoms with E-state index in [0.717, 1.165) is 15.6 Å². The highest BCUT2D eigenvalue weighted by molar-refractivity contribution is 7.89. The van der Waals surface area contributed by atoms with Crippen molar-refractivity contribution in [1.82, 2.24) is 4.31 Å². The third-order valence-corrected chi connectivity index (χ3v) is 8.99. The first-order chi connectivity index (χ1) is 16.2. The number of nitrogens with zero attached hydrogens (tertiary/aromatic N) is 1. The van der Waals surface area contributed by atoms with Crippen molar-refractivity contribution in [2.75, 3.05) is 32.6 Å². The van der Waals surface area contributed by atoms with Gasteiger partial charge in [-0.3, -0.25) is 4.79 Å². The predicted molar refractivity (Wildman–Crippen MR) is 131 cm³/mol. The van der Waals surface area contributed by atoms with Crippen molar-refractivity contribution < 1.29 is 27.5 Å². The van der Waals surface area contributed by atoms with Gasteiger partial charge >= 0.3 is 5.97 Å². The van der Waals surface area contributed by atoms with Gasteiger partial charge in [-0.05, 0) is 73.2 Å². The summed E-state index contributed by atoms with van der Waals surface area (Å²) in [5.41, 5.74) is 1.38. The highest BCUT2D eigenvalue weighted by Gasteiger charge is 2.32. The molecule has 0 unspecified atom stereocenters. The van der Waals surface area contributed by atoms with E-state index in [1.807, 2.05) is 12.1 Å². The Hall–Kier alpha value is -2.95. The van der Waals surface area contributed by atoms with Gasteiger partial charge in [0, 0.05) is 29.4 Å². The number of fused-ring (bicyclic) bond motifs is 1. The highest BCUT2D eigenvalue weighted by Crippen LogP contribution is 2.30. The number of ether oxygens (including phenoxy) is 2. The number of piperidine rings is 1. The summed E-state index contributed by atoms with van der Waals surface area (Å²) in [6.45, 7) is 2.35. The van der Waals surface area contributed by atoms with Crippen LogP contribution in [-0.2, 0) is 19.6 Å². The Labute approximate surface area is 202 Å². The average Bonchev–Trinajstić information content (AvgIpc) is 3.27. The lowest BCUT2D eigenvalue weighted by molar-refractivity contribution is -0.120. The Bertz CT molecular complexity index is 1340. The molecule has 0 saturated carbocycles. The van der Waals surface area contributed by atoms with Crippen molar-refractivity contribution in [3.8, 4) is 5.75 Å². The number of carbonyl (C=O) groups is 2. The van der Waals surface area contributed by atoms with Crippen molar-refractivity contribution in [3.05, 3.63) is 52.9 Å². The zero-order valence-electron chi connectivity index (χ0n) is 19.2. The molecule has 0 bridgehead atoms. The molecule has 0 atom stereocenters. The maximum atomic E-state index is 13.1. The molecule has 34 heavy (non-hydrogen) atoms. The zero-order valence-corrected chi connectivity index (χ0v) is 20.8. The van der Waals surface area contributed by atoms with E-state index in [4.69, 9.17) is 9.47 Å². The van der Waals surface area contributed by atoms with Gasteiger partial charge in [0.2, 0.25) is 15.9 Å². The molecule has 2 aromatic carbocycles. The van der Waals surface area contributed by atoms with Crippen molar-refractivity contribution >= 4 is 49.0 Å². The van der Waals surface area contributed by atoms with Crippen LogP contribution in [-0.4, -0.2) is 51.9 Å². The van der Waals surface area contributed by atoms with Gasteiger partial charge in [-0.25, -0.2) is 13.2 Å². The Kier molecular flexibility index (Phi) is 6.92.